The van der Waals surface area contributed by atoms with E-state index in [2.05, 4.69) is 38.4 Å². The molecule has 4 aromatic rings. The Bertz CT molecular complexity index is 1320. The molecule has 0 saturated heterocycles. The molecule has 0 spiro atoms. The fourth-order valence-electron chi connectivity index (χ4n) is 3.95. The van der Waals surface area contributed by atoms with E-state index in [4.69, 9.17) is 4.52 Å². The number of carbonyl (C=O) groups excluding carboxylic acids is 1. The first-order valence-electron chi connectivity index (χ1n) is 10.8. The number of carbonyl (C=O) groups is 1. The van der Waals surface area contributed by atoms with Gasteiger partial charge in [0, 0.05) is 17.7 Å². The van der Waals surface area contributed by atoms with Gasteiger partial charge in [0.15, 0.2) is 11.0 Å². The number of imidazole rings is 1. The molecule has 1 aliphatic carbocycles. The van der Waals surface area contributed by atoms with Crippen molar-refractivity contribution in [1.82, 2.24) is 20.1 Å². The third kappa shape index (κ3) is 4.79. The molecule has 8 nitrogen and oxygen atoms in total. The molecule has 5 rings (SSSR count). The van der Waals surface area contributed by atoms with Gasteiger partial charge in [0.25, 0.3) is 0 Å². The number of fused-ring (bicyclic) bond motifs is 2. The summed E-state index contributed by atoms with van der Waals surface area (Å²) >= 11 is 3.03. The third-order valence-corrected chi connectivity index (χ3v) is 7.70. The second kappa shape index (κ2) is 9.37. The van der Waals surface area contributed by atoms with Crippen LogP contribution in [0.15, 0.2) is 33.9 Å². The molecule has 1 amide bonds. The van der Waals surface area contributed by atoms with E-state index in [1.807, 2.05) is 24.3 Å². The van der Waals surface area contributed by atoms with Crippen molar-refractivity contribution in [3.8, 4) is 6.07 Å². The zero-order chi connectivity index (χ0) is 22.8. The monoisotopic (exact) mass is 478 g/mol. The number of aryl methyl sites for hydroxylation is 1. The van der Waals surface area contributed by atoms with Gasteiger partial charge in [0.05, 0.1) is 22.3 Å². The van der Waals surface area contributed by atoms with Crippen molar-refractivity contribution in [3.63, 3.8) is 0 Å². The van der Waals surface area contributed by atoms with E-state index in [1.54, 1.807) is 0 Å². The zero-order valence-corrected chi connectivity index (χ0v) is 19.7. The van der Waals surface area contributed by atoms with Crippen LogP contribution in [0, 0.1) is 17.2 Å². The summed E-state index contributed by atoms with van der Waals surface area (Å²) in [5, 5.41) is 18.0. The molecule has 10 heteroatoms. The van der Waals surface area contributed by atoms with Gasteiger partial charge >= 0.3 is 0 Å². The molecule has 1 aromatic carbocycles. The number of para-hydroxylation sites is 2. The van der Waals surface area contributed by atoms with Crippen LogP contribution in [-0.4, -0.2) is 26.0 Å². The first kappa shape index (κ1) is 21.7. The predicted molar refractivity (Wildman–Crippen MR) is 127 cm³/mol. The number of hydrogen-bond donors (Lipinski definition) is 2. The predicted octanol–water partition coefficient (Wildman–Crippen LogP) is 4.87. The van der Waals surface area contributed by atoms with Gasteiger partial charge in [0.1, 0.15) is 11.1 Å². The van der Waals surface area contributed by atoms with Gasteiger partial charge in [-0.15, -0.1) is 11.3 Å². The molecule has 0 radical (unpaired) electrons. The van der Waals surface area contributed by atoms with E-state index in [0.717, 1.165) is 41.0 Å². The number of H-pyrrole nitrogens is 1. The lowest BCUT2D eigenvalue weighted by Crippen LogP contribution is -2.12. The Kier molecular flexibility index (Phi) is 6.15. The van der Waals surface area contributed by atoms with Gasteiger partial charge in [-0.2, -0.15) is 10.2 Å². The maximum Gasteiger partial charge on any atom is 0.227 e. The molecule has 0 aliphatic heterocycles. The number of anilines is 1. The second-order valence-corrected chi connectivity index (χ2v) is 10.2. The number of hydrogen-bond acceptors (Lipinski definition) is 8. The molecule has 2 N–H and O–H groups in total. The Hall–Kier alpha value is -3.16. The molecule has 0 unspecified atom stereocenters. The minimum atomic E-state index is -0.158. The number of nitriles is 1. The van der Waals surface area contributed by atoms with Crippen molar-refractivity contribution in [2.75, 3.05) is 5.32 Å². The van der Waals surface area contributed by atoms with Gasteiger partial charge in [-0.1, -0.05) is 36.0 Å². The van der Waals surface area contributed by atoms with Gasteiger partial charge in [0.2, 0.25) is 11.8 Å². The van der Waals surface area contributed by atoms with Crippen molar-refractivity contribution in [3.05, 3.63) is 52.0 Å². The van der Waals surface area contributed by atoms with Crippen molar-refractivity contribution in [1.29, 1.82) is 5.26 Å². The molecule has 1 atom stereocenters. The fourth-order valence-corrected chi connectivity index (χ4v) is 6.05. The lowest BCUT2D eigenvalue weighted by Gasteiger charge is -2.17. The second-order valence-electron chi connectivity index (χ2n) is 8.17. The Balaban J connectivity index is 1.15. The maximum absolute atomic E-state index is 12.5. The quantitative estimate of drug-likeness (QED) is 0.364. The lowest BCUT2D eigenvalue weighted by molar-refractivity contribution is -0.116. The fraction of sp³-hybridized carbons (Fsp3) is 0.348. The highest BCUT2D eigenvalue weighted by Gasteiger charge is 2.24. The van der Waals surface area contributed by atoms with Crippen LogP contribution in [0.5, 0.6) is 0 Å². The van der Waals surface area contributed by atoms with E-state index in [0.29, 0.717) is 40.4 Å². The summed E-state index contributed by atoms with van der Waals surface area (Å²) in [4.78, 5) is 25.9. The SMILES string of the molecule is C[C@H]1CCc2c(sc(NC(=O)CCc3nc(CSc4nc5ccccc5[nH]4)no3)c2C#N)C1. The lowest BCUT2D eigenvalue weighted by atomic mass is 9.88. The summed E-state index contributed by atoms with van der Waals surface area (Å²) < 4.78 is 5.30. The van der Waals surface area contributed by atoms with Crippen molar-refractivity contribution in [2.45, 2.75) is 49.9 Å². The molecular formula is C23H22N6O2S2. The van der Waals surface area contributed by atoms with Crippen LogP contribution in [-0.2, 0) is 29.8 Å². The molecule has 1 aliphatic rings. The van der Waals surface area contributed by atoms with Crippen LogP contribution in [0.2, 0.25) is 0 Å². The number of aromatic nitrogens is 4. The number of aromatic amines is 1. The van der Waals surface area contributed by atoms with E-state index in [1.165, 1.54) is 28.0 Å². The standard InChI is InChI=1S/C23H22N6O2S2/c1-13-6-7-14-15(11-24)22(33-18(14)10-13)28-20(30)8-9-21-27-19(29-31-21)12-32-23-25-16-4-2-3-5-17(16)26-23/h2-5,13H,6-10,12H2,1H3,(H,25,26)(H,28,30)/t13-/m0/s1. The number of benzene rings is 1. The van der Waals surface area contributed by atoms with Crippen LogP contribution < -0.4 is 5.32 Å². The van der Waals surface area contributed by atoms with Crippen LogP contribution in [0.1, 0.15) is 47.5 Å². The van der Waals surface area contributed by atoms with E-state index >= 15 is 0 Å². The van der Waals surface area contributed by atoms with E-state index in [-0.39, 0.29) is 12.3 Å². The average Bonchev–Trinajstić information content (AvgIpc) is 3.52. The number of rotatable bonds is 7. The maximum atomic E-state index is 12.5. The molecule has 168 valence electrons. The van der Waals surface area contributed by atoms with Crippen LogP contribution >= 0.6 is 23.1 Å². The van der Waals surface area contributed by atoms with Crippen molar-refractivity contribution in [2.24, 2.45) is 5.92 Å². The third-order valence-electron chi connectivity index (χ3n) is 5.66. The minimum absolute atomic E-state index is 0.158. The van der Waals surface area contributed by atoms with Crippen LogP contribution in [0.3, 0.4) is 0 Å². The Morgan fingerprint density at radius 2 is 2.27 bits per heavy atom. The smallest absolute Gasteiger partial charge is 0.227 e. The van der Waals surface area contributed by atoms with Crippen molar-refractivity contribution < 1.29 is 9.32 Å². The largest absolute Gasteiger partial charge is 0.339 e. The van der Waals surface area contributed by atoms with E-state index < -0.39 is 0 Å². The summed E-state index contributed by atoms with van der Waals surface area (Å²) in [6.07, 6.45) is 3.52. The molecular weight excluding hydrogens is 456 g/mol. The normalized spacial score (nSPS) is 15.3. The highest BCUT2D eigenvalue weighted by atomic mass is 32.2. The Morgan fingerprint density at radius 1 is 1.39 bits per heavy atom. The minimum Gasteiger partial charge on any atom is -0.339 e. The molecule has 33 heavy (non-hydrogen) atoms. The number of nitrogens with one attached hydrogen (secondary N) is 2. The van der Waals surface area contributed by atoms with E-state index in [9.17, 15) is 10.1 Å². The average molecular weight is 479 g/mol. The molecule has 3 aromatic heterocycles. The highest BCUT2D eigenvalue weighted by Crippen LogP contribution is 2.39. The topological polar surface area (TPSA) is 120 Å². The molecule has 3 heterocycles. The summed E-state index contributed by atoms with van der Waals surface area (Å²) in [5.41, 5.74) is 3.64. The number of amides is 1. The van der Waals surface area contributed by atoms with Gasteiger partial charge in [-0.05, 0) is 42.9 Å². The number of thioether (sulfide) groups is 1. The van der Waals surface area contributed by atoms with Gasteiger partial charge in [-0.3, -0.25) is 4.79 Å². The Morgan fingerprint density at radius 3 is 3.12 bits per heavy atom. The molecule has 0 bridgehead atoms. The molecule has 0 fully saturated rings. The summed E-state index contributed by atoms with van der Waals surface area (Å²) in [6.45, 7) is 2.22. The van der Waals surface area contributed by atoms with Crippen LogP contribution in [0.25, 0.3) is 11.0 Å². The number of thiophene rings is 1. The number of nitrogens with zero attached hydrogens (tertiary/aromatic N) is 4. The summed E-state index contributed by atoms with van der Waals surface area (Å²) in [5.74, 6) is 1.95. The first-order chi connectivity index (χ1) is 16.1. The summed E-state index contributed by atoms with van der Waals surface area (Å²) in [7, 11) is 0. The Labute approximate surface area is 198 Å². The summed E-state index contributed by atoms with van der Waals surface area (Å²) in [6, 6.07) is 10.1. The van der Waals surface area contributed by atoms with Gasteiger partial charge < -0.3 is 14.8 Å². The van der Waals surface area contributed by atoms with Gasteiger partial charge in [-0.25, -0.2) is 4.98 Å². The zero-order valence-electron chi connectivity index (χ0n) is 18.1. The van der Waals surface area contributed by atoms with Crippen LogP contribution in [0.4, 0.5) is 5.00 Å². The molecule has 0 saturated carbocycles. The highest BCUT2D eigenvalue weighted by molar-refractivity contribution is 7.98. The van der Waals surface area contributed by atoms with Crippen molar-refractivity contribution >= 4 is 45.0 Å². The first-order valence-corrected chi connectivity index (χ1v) is 12.6.